The number of anilines is 1. The van der Waals surface area contributed by atoms with Crippen LogP contribution in [0.2, 0.25) is 10.0 Å². The third kappa shape index (κ3) is 2.84. The van der Waals surface area contributed by atoms with Gasteiger partial charge in [-0.05, 0) is 13.0 Å². The Morgan fingerprint density at radius 3 is 2.85 bits per heavy atom. The maximum Gasteiger partial charge on any atom is 0.358 e. The SMILES string of the molecule is CCOC(=O)c1cnc(N)c(-c2cccc(Cl)c2Cl)n1. The lowest BCUT2D eigenvalue weighted by molar-refractivity contribution is 0.0519. The van der Waals surface area contributed by atoms with Crippen molar-refractivity contribution in [1.29, 1.82) is 0 Å². The largest absolute Gasteiger partial charge is 0.461 e. The van der Waals surface area contributed by atoms with Crippen LogP contribution in [-0.2, 0) is 4.74 Å². The monoisotopic (exact) mass is 311 g/mol. The quantitative estimate of drug-likeness (QED) is 0.881. The molecule has 0 aliphatic heterocycles. The van der Waals surface area contributed by atoms with E-state index in [9.17, 15) is 4.79 Å². The Morgan fingerprint density at radius 1 is 1.40 bits per heavy atom. The van der Waals surface area contributed by atoms with Gasteiger partial charge in [0, 0.05) is 5.56 Å². The molecule has 0 radical (unpaired) electrons. The molecular formula is C13H11Cl2N3O2. The summed E-state index contributed by atoms with van der Waals surface area (Å²) in [5.41, 5.74) is 6.65. The summed E-state index contributed by atoms with van der Waals surface area (Å²) in [6.45, 7) is 1.95. The molecule has 0 unspecified atom stereocenters. The van der Waals surface area contributed by atoms with E-state index in [0.717, 1.165) is 0 Å². The van der Waals surface area contributed by atoms with Crippen LogP contribution in [0.3, 0.4) is 0 Å². The zero-order valence-electron chi connectivity index (χ0n) is 10.6. The number of carbonyl (C=O) groups excluding carboxylic acids is 1. The van der Waals surface area contributed by atoms with Crippen molar-refractivity contribution in [3.05, 3.63) is 40.1 Å². The van der Waals surface area contributed by atoms with Crippen molar-refractivity contribution < 1.29 is 9.53 Å². The van der Waals surface area contributed by atoms with Gasteiger partial charge in [-0.3, -0.25) is 0 Å². The summed E-state index contributed by atoms with van der Waals surface area (Å²) in [7, 11) is 0. The van der Waals surface area contributed by atoms with Crippen molar-refractivity contribution in [1.82, 2.24) is 9.97 Å². The average Bonchev–Trinajstić information content (AvgIpc) is 2.43. The number of nitrogens with two attached hydrogens (primary N) is 1. The van der Waals surface area contributed by atoms with Crippen LogP contribution in [0.1, 0.15) is 17.4 Å². The van der Waals surface area contributed by atoms with E-state index in [2.05, 4.69) is 9.97 Å². The number of ether oxygens (including phenoxy) is 1. The fraction of sp³-hybridized carbons (Fsp3) is 0.154. The molecule has 2 N–H and O–H groups in total. The summed E-state index contributed by atoms with van der Waals surface area (Å²) in [6, 6.07) is 5.05. The molecule has 0 amide bonds. The maximum atomic E-state index is 11.7. The zero-order chi connectivity index (χ0) is 14.7. The first-order valence-corrected chi connectivity index (χ1v) is 6.54. The molecule has 0 fully saturated rings. The second-order valence-electron chi connectivity index (χ2n) is 3.81. The number of nitrogen functional groups attached to an aromatic ring is 1. The lowest BCUT2D eigenvalue weighted by atomic mass is 10.1. The third-order valence-corrected chi connectivity index (χ3v) is 3.31. The van der Waals surface area contributed by atoms with Gasteiger partial charge in [0.15, 0.2) is 5.69 Å². The summed E-state index contributed by atoms with van der Waals surface area (Å²) in [4.78, 5) is 19.8. The molecule has 5 nitrogen and oxygen atoms in total. The molecule has 0 aliphatic carbocycles. The number of aromatic nitrogens is 2. The number of benzene rings is 1. The van der Waals surface area contributed by atoms with E-state index in [1.807, 2.05) is 0 Å². The van der Waals surface area contributed by atoms with E-state index >= 15 is 0 Å². The van der Waals surface area contributed by atoms with Crippen LogP contribution in [0.5, 0.6) is 0 Å². The molecule has 0 spiro atoms. The van der Waals surface area contributed by atoms with Gasteiger partial charge in [0.2, 0.25) is 0 Å². The molecule has 0 bridgehead atoms. The van der Waals surface area contributed by atoms with Gasteiger partial charge in [0.05, 0.1) is 22.8 Å². The van der Waals surface area contributed by atoms with Gasteiger partial charge in [0.25, 0.3) is 0 Å². The molecule has 1 aromatic heterocycles. The topological polar surface area (TPSA) is 78.1 Å². The minimum atomic E-state index is -0.570. The van der Waals surface area contributed by atoms with Crippen LogP contribution < -0.4 is 5.73 Å². The highest BCUT2D eigenvalue weighted by Gasteiger charge is 2.16. The normalized spacial score (nSPS) is 10.3. The summed E-state index contributed by atoms with van der Waals surface area (Å²) in [5, 5.41) is 0.670. The summed E-state index contributed by atoms with van der Waals surface area (Å²) >= 11 is 12.1. The molecule has 0 atom stereocenters. The second kappa shape index (κ2) is 6.07. The fourth-order valence-corrected chi connectivity index (χ4v) is 1.98. The van der Waals surface area contributed by atoms with Crippen LogP contribution in [0.25, 0.3) is 11.3 Å². The summed E-state index contributed by atoms with van der Waals surface area (Å²) < 4.78 is 4.87. The highest BCUT2D eigenvalue weighted by molar-refractivity contribution is 6.43. The van der Waals surface area contributed by atoms with E-state index in [1.54, 1.807) is 25.1 Å². The van der Waals surface area contributed by atoms with Crippen molar-refractivity contribution in [3.63, 3.8) is 0 Å². The molecule has 7 heteroatoms. The highest BCUT2D eigenvalue weighted by Crippen LogP contribution is 2.34. The first kappa shape index (κ1) is 14.6. The number of carbonyl (C=O) groups is 1. The van der Waals surface area contributed by atoms with E-state index < -0.39 is 5.97 Å². The highest BCUT2D eigenvalue weighted by atomic mass is 35.5. The molecule has 1 aromatic carbocycles. The number of esters is 1. The summed E-state index contributed by atoms with van der Waals surface area (Å²) in [5.74, 6) is -0.415. The van der Waals surface area contributed by atoms with Crippen molar-refractivity contribution >= 4 is 35.0 Å². The van der Waals surface area contributed by atoms with Crippen molar-refractivity contribution in [2.45, 2.75) is 6.92 Å². The predicted molar refractivity (Wildman–Crippen MR) is 77.9 cm³/mol. The zero-order valence-corrected chi connectivity index (χ0v) is 12.1. The van der Waals surface area contributed by atoms with Gasteiger partial charge in [0.1, 0.15) is 11.5 Å². The predicted octanol–water partition coefficient (Wildman–Crippen LogP) is 3.21. The number of halogens is 2. The Labute approximate surface area is 125 Å². The van der Waals surface area contributed by atoms with Crippen LogP contribution in [-0.4, -0.2) is 22.5 Å². The number of nitrogens with zero attached hydrogens (tertiary/aromatic N) is 2. The number of hydrogen-bond donors (Lipinski definition) is 1. The molecular weight excluding hydrogens is 301 g/mol. The average molecular weight is 312 g/mol. The molecule has 1 heterocycles. The molecule has 0 aliphatic rings. The smallest absolute Gasteiger partial charge is 0.358 e. The van der Waals surface area contributed by atoms with Crippen LogP contribution in [0, 0.1) is 0 Å². The fourth-order valence-electron chi connectivity index (χ4n) is 1.59. The van der Waals surface area contributed by atoms with E-state index in [0.29, 0.717) is 21.3 Å². The minimum absolute atomic E-state index is 0.0621. The Kier molecular flexibility index (Phi) is 4.42. The number of hydrogen-bond acceptors (Lipinski definition) is 5. The summed E-state index contributed by atoms with van der Waals surface area (Å²) in [6.07, 6.45) is 1.26. The Bertz CT molecular complexity index is 662. The Hall–Kier alpha value is -1.85. The van der Waals surface area contributed by atoms with E-state index in [1.165, 1.54) is 6.20 Å². The van der Waals surface area contributed by atoms with Crippen LogP contribution >= 0.6 is 23.2 Å². The minimum Gasteiger partial charge on any atom is -0.461 e. The molecule has 0 saturated carbocycles. The van der Waals surface area contributed by atoms with Gasteiger partial charge in [-0.25, -0.2) is 14.8 Å². The van der Waals surface area contributed by atoms with Crippen molar-refractivity contribution in [2.24, 2.45) is 0 Å². The van der Waals surface area contributed by atoms with Gasteiger partial charge in [-0.1, -0.05) is 35.3 Å². The van der Waals surface area contributed by atoms with E-state index in [4.69, 9.17) is 33.7 Å². The first-order chi connectivity index (χ1) is 9.54. The maximum absolute atomic E-state index is 11.7. The van der Waals surface area contributed by atoms with Crippen molar-refractivity contribution in [2.75, 3.05) is 12.3 Å². The van der Waals surface area contributed by atoms with Gasteiger partial charge in [-0.2, -0.15) is 0 Å². The van der Waals surface area contributed by atoms with Crippen molar-refractivity contribution in [3.8, 4) is 11.3 Å². The lowest BCUT2D eigenvalue weighted by Gasteiger charge is -2.09. The lowest BCUT2D eigenvalue weighted by Crippen LogP contribution is -2.10. The molecule has 2 aromatic rings. The van der Waals surface area contributed by atoms with Crippen LogP contribution in [0.15, 0.2) is 24.4 Å². The number of rotatable bonds is 3. The standard InChI is InChI=1S/C13H11Cl2N3O2/c1-2-20-13(19)9-6-17-12(16)11(18-9)7-4-3-5-8(14)10(7)15/h3-6H,2H2,1H3,(H2,16,17). The molecule has 104 valence electrons. The van der Waals surface area contributed by atoms with Gasteiger partial charge in [-0.15, -0.1) is 0 Å². The molecule has 0 saturated heterocycles. The second-order valence-corrected chi connectivity index (χ2v) is 4.60. The van der Waals surface area contributed by atoms with Crippen LogP contribution in [0.4, 0.5) is 5.82 Å². The third-order valence-electron chi connectivity index (χ3n) is 2.49. The van der Waals surface area contributed by atoms with Gasteiger partial charge >= 0.3 is 5.97 Å². The Balaban J connectivity index is 2.53. The van der Waals surface area contributed by atoms with E-state index in [-0.39, 0.29) is 18.1 Å². The van der Waals surface area contributed by atoms with Gasteiger partial charge < -0.3 is 10.5 Å². The molecule has 2 rings (SSSR count). The Morgan fingerprint density at radius 2 is 2.15 bits per heavy atom. The molecule has 20 heavy (non-hydrogen) atoms. The first-order valence-electron chi connectivity index (χ1n) is 5.78.